The standard InChI is InChI=1S/C31H37ClF2N4O4/c1-29(2,3)42-28(40)38-12-10-37(11-13-38)19-14-22(33)24(23(34)15-19)25(39)36-26-30(4,5)27(31(26,6)7)41-20-9-8-18(17-35)21(32)16-20/h8-9,14-16,26-27H,10-13H2,1-7H3,(H,36,39)/t26-,27-. The van der Waals surface area contributed by atoms with Crippen molar-refractivity contribution in [1.82, 2.24) is 10.2 Å². The van der Waals surface area contributed by atoms with E-state index in [9.17, 15) is 9.59 Å². The van der Waals surface area contributed by atoms with Crippen LogP contribution in [0.2, 0.25) is 5.02 Å². The zero-order chi connectivity index (χ0) is 31.2. The maximum atomic E-state index is 15.3. The Bertz CT molecular complexity index is 1390. The Morgan fingerprint density at radius 2 is 1.60 bits per heavy atom. The average molecular weight is 603 g/mol. The molecule has 1 saturated carbocycles. The van der Waals surface area contributed by atoms with Gasteiger partial charge in [-0.1, -0.05) is 39.3 Å². The summed E-state index contributed by atoms with van der Waals surface area (Å²) in [5.74, 6) is -2.30. The molecule has 2 fully saturated rings. The van der Waals surface area contributed by atoms with E-state index >= 15 is 8.78 Å². The van der Waals surface area contributed by atoms with Gasteiger partial charge in [-0.2, -0.15) is 5.26 Å². The smallest absolute Gasteiger partial charge is 0.410 e. The number of hydrogen-bond donors (Lipinski definition) is 1. The Hall–Kier alpha value is -3.58. The number of carbonyl (C=O) groups is 2. The summed E-state index contributed by atoms with van der Waals surface area (Å²) >= 11 is 6.16. The largest absolute Gasteiger partial charge is 0.489 e. The third-order valence-corrected chi connectivity index (χ3v) is 8.29. The van der Waals surface area contributed by atoms with Crippen molar-refractivity contribution < 1.29 is 27.8 Å². The lowest BCUT2D eigenvalue weighted by molar-refractivity contribution is -0.164. The highest BCUT2D eigenvalue weighted by Gasteiger charge is 2.64. The third kappa shape index (κ3) is 6.12. The van der Waals surface area contributed by atoms with Crippen molar-refractivity contribution in [3.63, 3.8) is 0 Å². The summed E-state index contributed by atoms with van der Waals surface area (Å²) in [6, 6.07) is 8.65. The molecular formula is C31H37ClF2N4O4. The number of carbonyl (C=O) groups excluding carboxylic acids is 2. The van der Waals surface area contributed by atoms with Gasteiger partial charge in [0, 0.05) is 54.8 Å². The summed E-state index contributed by atoms with van der Waals surface area (Å²) in [4.78, 5) is 28.9. The molecule has 42 heavy (non-hydrogen) atoms. The second-order valence-electron chi connectivity index (χ2n) is 13.0. The molecule has 4 rings (SSSR count). The van der Waals surface area contributed by atoms with Crippen LogP contribution < -0.4 is 15.0 Å². The molecule has 0 unspecified atom stereocenters. The SMILES string of the molecule is CC(C)(C)OC(=O)N1CCN(c2cc(F)c(C(=O)N[C@H]3C(C)(C)[C@H](Oc4ccc(C#N)c(Cl)c4)C3(C)C)c(F)c2)CC1. The van der Waals surface area contributed by atoms with E-state index in [1.807, 2.05) is 33.8 Å². The van der Waals surface area contributed by atoms with E-state index in [1.165, 1.54) is 0 Å². The number of piperazine rings is 1. The van der Waals surface area contributed by atoms with E-state index in [1.54, 1.807) is 48.8 Å². The van der Waals surface area contributed by atoms with Gasteiger partial charge in [-0.15, -0.1) is 0 Å². The molecule has 2 aromatic carbocycles. The number of ether oxygens (including phenoxy) is 2. The van der Waals surface area contributed by atoms with Gasteiger partial charge < -0.3 is 24.6 Å². The van der Waals surface area contributed by atoms with Crippen molar-refractivity contribution in [3.8, 4) is 11.8 Å². The van der Waals surface area contributed by atoms with Crippen LogP contribution in [0.3, 0.4) is 0 Å². The maximum Gasteiger partial charge on any atom is 0.410 e. The molecule has 2 aliphatic rings. The van der Waals surface area contributed by atoms with Gasteiger partial charge in [0.1, 0.15) is 40.7 Å². The molecule has 0 radical (unpaired) electrons. The predicted octanol–water partition coefficient (Wildman–Crippen LogP) is 6.16. The van der Waals surface area contributed by atoms with E-state index in [0.29, 0.717) is 43.2 Å². The number of anilines is 1. The fourth-order valence-corrected chi connectivity index (χ4v) is 6.44. The number of nitrogens with one attached hydrogen (secondary N) is 1. The molecule has 1 aliphatic heterocycles. The minimum atomic E-state index is -0.966. The first-order valence-electron chi connectivity index (χ1n) is 13.8. The van der Waals surface area contributed by atoms with Crippen molar-refractivity contribution in [2.75, 3.05) is 31.1 Å². The summed E-state index contributed by atoms with van der Waals surface area (Å²) < 4.78 is 42.1. The molecule has 0 spiro atoms. The molecule has 1 saturated heterocycles. The fraction of sp³-hybridized carbons (Fsp3) is 0.516. The average Bonchev–Trinajstić information content (AvgIpc) is 2.89. The minimum Gasteiger partial charge on any atom is -0.489 e. The number of nitrogens with zero attached hydrogens (tertiary/aromatic N) is 3. The molecule has 0 aromatic heterocycles. The van der Waals surface area contributed by atoms with Crippen LogP contribution in [-0.4, -0.2) is 60.8 Å². The zero-order valence-corrected chi connectivity index (χ0v) is 25.7. The van der Waals surface area contributed by atoms with Gasteiger partial charge in [0.15, 0.2) is 0 Å². The van der Waals surface area contributed by atoms with E-state index < -0.39 is 51.7 Å². The molecule has 0 atom stereocenters. The summed E-state index contributed by atoms with van der Waals surface area (Å²) in [6.45, 7) is 14.4. The van der Waals surface area contributed by atoms with E-state index in [2.05, 4.69) is 5.32 Å². The molecular weight excluding hydrogens is 566 g/mol. The predicted molar refractivity (Wildman–Crippen MR) is 156 cm³/mol. The first-order chi connectivity index (χ1) is 19.5. The van der Waals surface area contributed by atoms with Crippen LogP contribution >= 0.6 is 11.6 Å². The van der Waals surface area contributed by atoms with Crippen LogP contribution in [0.25, 0.3) is 0 Å². The Labute approximate surface area is 250 Å². The number of hydrogen-bond acceptors (Lipinski definition) is 6. The Morgan fingerprint density at radius 3 is 2.10 bits per heavy atom. The van der Waals surface area contributed by atoms with Crippen LogP contribution in [0, 0.1) is 33.8 Å². The van der Waals surface area contributed by atoms with Crippen molar-refractivity contribution >= 4 is 29.3 Å². The molecule has 1 heterocycles. The Morgan fingerprint density at radius 1 is 1.02 bits per heavy atom. The van der Waals surface area contributed by atoms with Gasteiger partial charge in [0.05, 0.1) is 10.6 Å². The van der Waals surface area contributed by atoms with Crippen LogP contribution in [0.4, 0.5) is 19.3 Å². The van der Waals surface area contributed by atoms with Crippen LogP contribution in [0.15, 0.2) is 30.3 Å². The van der Waals surface area contributed by atoms with Gasteiger partial charge in [-0.05, 0) is 45.0 Å². The maximum absolute atomic E-state index is 15.3. The van der Waals surface area contributed by atoms with Crippen LogP contribution in [-0.2, 0) is 4.74 Å². The van der Waals surface area contributed by atoms with Crippen molar-refractivity contribution in [2.24, 2.45) is 10.8 Å². The molecule has 0 bridgehead atoms. The normalized spacial score (nSPS) is 21.2. The third-order valence-electron chi connectivity index (χ3n) is 7.98. The van der Waals surface area contributed by atoms with E-state index in [-0.39, 0.29) is 11.1 Å². The van der Waals surface area contributed by atoms with Crippen LogP contribution in [0.1, 0.15) is 64.4 Å². The van der Waals surface area contributed by atoms with Crippen molar-refractivity contribution in [2.45, 2.75) is 66.2 Å². The molecule has 2 aromatic rings. The lowest BCUT2D eigenvalue weighted by Crippen LogP contribution is -2.74. The fourth-order valence-electron chi connectivity index (χ4n) is 6.23. The highest BCUT2D eigenvalue weighted by atomic mass is 35.5. The number of benzene rings is 2. The summed E-state index contributed by atoms with van der Waals surface area (Å²) in [5.41, 5.74) is -1.83. The van der Waals surface area contributed by atoms with Gasteiger partial charge in [0.2, 0.25) is 0 Å². The molecule has 226 valence electrons. The molecule has 1 aliphatic carbocycles. The second-order valence-corrected chi connectivity index (χ2v) is 13.4. The highest BCUT2D eigenvalue weighted by molar-refractivity contribution is 6.31. The van der Waals surface area contributed by atoms with Gasteiger partial charge in [-0.25, -0.2) is 13.6 Å². The Kier molecular flexibility index (Phi) is 8.40. The molecule has 11 heteroatoms. The van der Waals surface area contributed by atoms with Gasteiger partial charge in [-0.3, -0.25) is 4.79 Å². The highest BCUT2D eigenvalue weighted by Crippen LogP contribution is 2.55. The number of rotatable bonds is 5. The summed E-state index contributed by atoms with van der Waals surface area (Å²) in [7, 11) is 0. The summed E-state index contributed by atoms with van der Waals surface area (Å²) in [6.07, 6.45) is -0.794. The molecule has 2 amide bonds. The first-order valence-corrected chi connectivity index (χ1v) is 14.2. The summed E-state index contributed by atoms with van der Waals surface area (Å²) in [5, 5.41) is 12.2. The quantitative estimate of drug-likeness (QED) is 0.441. The molecule has 1 N–H and O–H groups in total. The second kappa shape index (κ2) is 11.3. The van der Waals surface area contributed by atoms with Gasteiger partial charge >= 0.3 is 6.09 Å². The molecule has 8 nitrogen and oxygen atoms in total. The van der Waals surface area contributed by atoms with Crippen molar-refractivity contribution in [3.05, 3.63) is 58.1 Å². The van der Waals surface area contributed by atoms with E-state index in [4.69, 9.17) is 26.3 Å². The lowest BCUT2D eigenvalue weighted by Gasteiger charge is -2.63. The zero-order valence-electron chi connectivity index (χ0n) is 25.0. The topological polar surface area (TPSA) is 94.9 Å². The number of halogens is 3. The lowest BCUT2D eigenvalue weighted by atomic mass is 9.49. The Balaban J connectivity index is 1.43. The minimum absolute atomic E-state index is 0.272. The first kappa shape index (κ1) is 31.4. The van der Waals surface area contributed by atoms with E-state index in [0.717, 1.165) is 12.1 Å². The van der Waals surface area contributed by atoms with Crippen LogP contribution in [0.5, 0.6) is 5.75 Å². The van der Waals surface area contributed by atoms with Gasteiger partial charge in [0.25, 0.3) is 5.91 Å². The monoisotopic (exact) mass is 602 g/mol. The van der Waals surface area contributed by atoms with Crippen molar-refractivity contribution in [1.29, 1.82) is 5.26 Å². The number of nitriles is 1. The number of amides is 2.